The van der Waals surface area contributed by atoms with Gasteiger partial charge in [0.05, 0.1) is 53.0 Å². The van der Waals surface area contributed by atoms with Gasteiger partial charge in [0.25, 0.3) is 0 Å². The normalized spacial score (nSPS) is 11.5. The quantitative estimate of drug-likeness (QED) is 0.143. The highest BCUT2D eigenvalue weighted by Crippen LogP contribution is 2.39. The van der Waals surface area contributed by atoms with Gasteiger partial charge in [0.15, 0.2) is 0 Å². The van der Waals surface area contributed by atoms with Gasteiger partial charge in [-0.3, -0.25) is 19.1 Å². The third kappa shape index (κ3) is 6.53. The van der Waals surface area contributed by atoms with Gasteiger partial charge in [-0.2, -0.15) is 0 Å². The third-order valence-corrected chi connectivity index (χ3v) is 11.3. The summed E-state index contributed by atoms with van der Waals surface area (Å²) in [6.45, 7) is 4.16. The Bertz CT molecular complexity index is 3500. The van der Waals surface area contributed by atoms with Crippen molar-refractivity contribution in [3.8, 4) is 62.9 Å². The summed E-state index contributed by atoms with van der Waals surface area (Å²) in [6, 6.07) is 51.0. The molecule has 0 bridgehead atoms. The number of aryl methyl sites for hydroxylation is 2. The van der Waals surface area contributed by atoms with Crippen LogP contribution in [0.15, 0.2) is 176 Å². The molecule has 298 valence electrons. The van der Waals surface area contributed by atoms with Crippen LogP contribution in [-0.4, -0.2) is 36.2 Å². The van der Waals surface area contributed by atoms with E-state index in [1.54, 1.807) is 19.5 Å². The van der Waals surface area contributed by atoms with Crippen LogP contribution >= 0.6 is 0 Å². The summed E-state index contributed by atoms with van der Waals surface area (Å²) in [5.41, 5.74) is 9.47. The number of fused-ring (bicyclic) bond motifs is 6. The molecule has 9 heteroatoms. The Balaban J connectivity index is 0.873. The van der Waals surface area contributed by atoms with Crippen LogP contribution in [-0.2, 0) is 0 Å². The molecule has 0 N–H and O–H groups in total. The topological polar surface area (TPSA) is 89.1 Å². The van der Waals surface area contributed by atoms with Crippen LogP contribution in [0.4, 0.5) is 0 Å². The molecular weight excluding hydrogens is 769 g/mol. The van der Waals surface area contributed by atoms with Crippen molar-refractivity contribution in [3.05, 3.63) is 188 Å². The van der Waals surface area contributed by atoms with Crippen LogP contribution in [0.25, 0.3) is 77.8 Å². The molecule has 9 nitrogen and oxygen atoms in total. The van der Waals surface area contributed by atoms with Crippen LogP contribution < -0.4 is 14.2 Å². The Morgan fingerprint density at radius 1 is 0.419 bits per heavy atom. The van der Waals surface area contributed by atoms with E-state index in [0.29, 0.717) is 40.1 Å². The van der Waals surface area contributed by atoms with Gasteiger partial charge in [-0.25, -0.2) is 9.97 Å². The zero-order valence-electron chi connectivity index (χ0n) is 34.2. The minimum absolute atomic E-state index is 0.640. The average molecular weight is 807 g/mol. The fourth-order valence-corrected chi connectivity index (χ4v) is 8.36. The Labute approximate surface area is 357 Å². The number of hydrogen-bond donors (Lipinski definition) is 0. The Hall–Kier alpha value is -8.30. The highest BCUT2D eigenvalue weighted by molar-refractivity contribution is 6.10. The molecule has 5 heterocycles. The summed E-state index contributed by atoms with van der Waals surface area (Å²) in [4.78, 5) is 19.1. The molecule has 5 aromatic heterocycles. The van der Waals surface area contributed by atoms with Gasteiger partial charge >= 0.3 is 0 Å². The van der Waals surface area contributed by atoms with Crippen molar-refractivity contribution in [1.29, 1.82) is 0 Å². The summed E-state index contributed by atoms with van der Waals surface area (Å²) in [5, 5.41) is 4.57. The molecule has 6 aromatic carbocycles. The number of aromatic nitrogens is 6. The number of methoxy groups -OCH3 is 1. The molecule has 0 amide bonds. The van der Waals surface area contributed by atoms with Crippen LogP contribution in [0.1, 0.15) is 11.1 Å². The Kier molecular flexibility index (Phi) is 8.93. The monoisotopic (exact) mass is 806 g/mol. The number of benzene rings is 6. The number of hydrogen-bond acceptors (Lipinski definition) is 7. The van der Waals surface area contributed by atoms with Gasteiger partial charge in [0.2, 0.25) is 0 Å². The maximum atomic E-state index is 6.53. The maximum absolute atomic E-state index is 6.53. The number of para-hydroxylation sites is 2. The Morgan fingerprint density at radius 2 is 0.935 bits per heavy atom. The lowest BCUT2D eigenvalue weighted by Gasteiger charge is -2.13. The molecule has 0 saturated heterocycles. The zero-order chi connectivity index (χ0) is 41.7. The van der Waals surface area contributed by atoms with Crippen LogP contribution in [0.3, 0.4) is 0 Å². The molecule has 11 rings (SSSR count). The molecule has 0 fully saturated rings. The first-order valence-corrected chi connectivity index (χ1v) is 20.4. The fourth-order valence-electron chi connectivity index (χ4n) is 8.36. The van der Waals surface area contributed by atoms with E-state index in [-0.39, 0.29) is 0 Å². The van der Waals surface area contributed by atoms with E-state index in [0.717, 1.165) is 77.5 Å². The number of nitrogens with zero attached hydrogens (tertiary/aromatic N) is 6. The summed E-state index contributed by atoms with van der Waals surface area (Å²) in [7, 11) is 1.65. The van der Waals surface area contributed by atoms with E-state index >= 15 is 0 Å². The van der Waals surface area contributed by atoms with Gasteiger partial charge in [0, 0.05) is 57.2 Å². The predicted octanol–water partition coefficient (Wildman–Crippen LogP) is 13.0. The highest BCUT2D eigenvalue weighted by Gasteiger charge is 2.17. The number of ether oxygens (including phenoxy) is 3. The second-order valence-electron chi connectivity index (χ2n) is 15.3. The van der Waals surface area contributed by atoms with Crippen molar-refractivity contribution < 1.29 is 14.2 Å². The van der Waals surface area contributed by atoms with Crippen LogP contribution in [0.5, 0.6) is 28.7 Å². The van der Waals surface area contributed by atoms with E-state index in [9.17, 15) is 0 Å². The maximum Gasteiger partial charge on any atom is 0.137 e. The van der Waals surface area contributed by atoms with Gasteiger partial charge in [0.1, 0.15) is 40.4 Å². The highest BCUT2D eigenvalue weighted by atomic mass is 16.5. The van der Waals surface area contributed by atoms with E-state index in [1.807, 2.05) is 79.1 Å². The van der Waals surface area contributed by atoms with Crippen LogP contribution in [0.2, 0.25) is 0 Å². The van der Waals surface area contributed by atoms with Crippen molar-refractivity contribution in [2.24, 2.45) is 0 Å². The lowest BCUT2D eigenvalue weighted by molar-refractivity contribution is 0.414. The van der Waals surface area contributed by atoms with E-state index in [2.05, 4.69) is 108 Å². The van der Waals surface area contributed by atoms with Crippen LogP contribution in [0, 0.1) is 13.8 Å². The average Bonchev–Trinajstić information content (AvgIpc) is 3.81. The molecule has 11 aromatic rings. The first-order valence-electron chi connectivity index (χ1n) is 20.4. The SMILES string of the molecule is COc1ccc(Oc2ccc3c4ccccc4n(-c4cc(C)ccn4)c3c2)cc1-c1cnc(-c2cccc(Oc3ccc4c5ccccc5n(-c5cc(C)ccn5)c4c3)c2)cn1. The van der Waals surface area contributed by atoms with E-state index in [4.69, 9.17) is 34.1 Å². The van der Waals surface area contributed by atoms with Gasteiger partial charge in [-0.15, -0.1) is 0 Å². The lowest BCUT2D eigenvalue weighted by Crippen LogP contribution is -1.97. The second kappa shape index (κ2) is 15.1. The van der Waals surface area contributed by atoms with E-state index in [1.165, 1.54) is 0 Å². The van der Waals surface area contributed by atoms with Crippen molar-refractivity contribution in [3.63, 3.8) is 0 Å². The molecule has 0 aliphatic heterocycles. The molecule has 62 heavy (non-hydrogen) atoms. The summed E-state index contributed by atoms with van der Waals surface area (Å²) >= 11 is 0. The smallest absolute Gasteiger partial charge is 0.137 e. The molecule has 0 unspecified atom stereocenters. The van der Waals surface area contributed by atoms with Gasteiger partial charge in [-0.1, -0.05) is 48.5 Å². The minimum atomic E-state index is 0.640. The lowest BCUT2D eigenvalue weighted by atomic mass is 10.1. The third-order valence-electron chi connectivity index (χ3n) is 11.3. The molecule has 0 saturated carbocycles. The largest absolute Gasteiger partial charge is 0.496 e. The standard InChI is InChI=1S/C53H38N6O3/c1-33-21-23-54-52(25-33)58-47-13-6-4-11-40(47)42-18-15-38(29-49(42)58)61-36-10-8-9-35(27-36)45-31-57-46(32-56-45)44-28-37(17-20-51(44)60-3)62-39-16-19-43-41-12-5-7-14-48(41)59(50(43)30-39)53-26-34(2)22-24-55-53/h4-32H,1-3H3. The second-order valence-corrected chi connectivity index (χ2v) is 15.3. The summed E-state index contributed by atoms with van der Waals surface area (Å²) < 4.78 is 23.2. The molecule has 0 aliphatic carbocycles. The van der Waals surface area contributed by atoms with E-state index < -0.39 is 0 Å². The van der Waals surface area contributed by atoms with Crippen molar-refractivity contribution in [1.82, 2.24) is 29.1 Å². The predicted molar refractivity (Wildman–Crippen MR) is 246 cm³/mol. The fraction of sp³-hybridized carbons (Fsp3) is 0.0566. The molecule has 0 spiro atoms. The van der Waals surface area contributed by atoms with Crippen molar-refractivity contribution >= 4 is 43.6 Å². The van der Waals surface area contributed by atoms with Crippen molar-refractivity contribution in [2.75, 3.05) is 7.11 Å². The Morgan fingerprint density at radius 3 is 1.50 bits per heavy atom. The van der Waals surface area contributed by atoms with Gasteiger partial charge in [-0.05, 0) is 116 Å². The zero-order valence-corrected chi connectivity index (χ0v) is 34.2. The van der Waals surface area contributed by atoms with Crippen molar-refractivity contribution in [2.45, 2.75) is 13.8 Å². The van der Waals surface area contributed by atoms with Gasteiger partial charge < -0.3 is 14.2 Å². The number of pyridine rings is 2. The first-order chi connectivity index (χ1) is 30.5. The molecule has 0 atom stereocenters. The molecule has 0 radical (unpaired) electrons. The summed E-state index contributed by atoms with van der Waals surface area (Å²) in [6.07, 6.45) is 7.23. The first kappa shape index (κ1) is 36.8. The minimum Gasteiger partial charge on any atom is -0.496 e. The summed E-state index contributed by atoms with van der Waals surface area (Å²) in [5.74, 6) is 5.11. The molecular formula is C53H38N6O3. The number of rotatable bonds is 9. The molecule has 0 aliphatic rings.